The number of alkyl halides is 3. The van der Waals surface area contributed by atoms with Crippen LogP contribution in [0.4, 0.5) is 13.2 Å². The van der Waals surface area contributed by atoms with Gasteiger partial charge in [-0.05, 0) is 31.4 Å². The molecule has 0 unspecified atom stereocenters. The lowest BCUT2D eigenvalue weighted by Crippen LogP contribution is -2.40. The van der Waals surface area contributed by atoms with Crippen molar-refractivity contribution in [2.45, 2.75) is 31.4 Å². The van der Waals surface area contributed by atoms with E-state index in [1.165, 1.54) is 24.1 Å². The van der Waals surface area contributed by atoms with E-state index in [2.05, 4.69) is 0 Å². The Morgan fingerprint density at radius 3 is 2.48 bits per heavy atom. The fraction of sp³-hybridized carbons (Fsp3) is 0.500. The maximum atomic E-state index is 12.8. The topological polar surface area (TPSA) is 46.6 Å². The maximum absolute atomic E-state index is 12.8. The lowest BCUT2D eigenvalue weighted by Gasteiger charge is -2.23. The van der Waals surface area contributed by atoms with Gasteiger partial charge in [-0.15, -0.1) is 0 Å². The van der Waals surface area contributed by atoms with Gasteiger partial charge in [0.05, 0.1) is 17.6 Å². The monoisotopic (exact) mass is 329 g/mol. The van der Waals surface area contributed by atoms with Crippen LogP contribution < -0.4 is 0 Å². The summed E-state index contributed by atoms with van der Waals surface area (Å²) < 4.78 is 43.3. The molecule has 126 valence electrons. The number of rotatable bonds is 5. The largest absolute Gasteiger partial charge is 0.465 e. The van der Waals surface area contributed by atoms with Gasteiger partial charge in [-0.3, -0.25) is 9.59 Å². The number of carbonyl (C=O) groups is 2. The highest BCUT2D eigenvalue weighted by atomic mass is 19.4. The second kappa shape index (κ2) is 6.22. The van der Waals surface area contributed by atoms with E-state index in [0.29, 0.717) is 18.4 Å². The van der Waals surface area contributed by atoms with Crippen molar-refractivity contribution in [1.82, 2.24) is 4.90 Å². The molecule has 0 radical (unpaired) electrons. The van der Waals surface area contributed by atoms with Crippen molar-refractivity contribution in [2.75, 3.05) is 20.2 Å². The van der Waals surface area contributed by atoms with Gasteiger partial charge in [0.15, 0.2) is 0 Å². The van der Waals surface area contributed by atoms with Gasteiger partial charge in [0.2, 0.25) is 5.91 Å². The third kappa shape index (κ3) is 3.65. The van der Waals surface area contributed by atoms with Crippen molar-refractivity contribution in [3.05, 3.63) is 35.4 Å². The summed E-state index contributed by atoms with van der Waals surface area (Å²) in [5.41, 5.74) is -1.39. The molecule has 0 saturated heterocycles. The summed E-state index contributed by atoms with van der Waals surface area (Å²) in [5, 5.41) is 0. The molecule has 1 aromatic carbocycles. The number of nitrogens with zero attached hydrogens (tertiary/aromatic N) is 1. The highest BCUT2D eigenvalue weighted by Gasteiger charge is 2.53. The molecule has 0 heterocycles. The minimum Gasteiger partial charge on any atom is -0.465 e. The minimum absolute atomic E-state index is 0.208. The summed E-state index contributed by atoms with van der Waals surface area (Å²) in [4.78, 5) is 25.2. The molecule has 1 aliphatic carbocycles. The zero-order valence-corrected chi connectivity index (χ0v) is 12.9. The summed E-state index contributed by atoms with van der Waals surface area (Å²) in [6.07, 6.45) is -3.51. The summed E-state index contributed by atoms with van der Waals surface area (Å²) in [5.74, 6) is -0.895. The molecule has 0 N–H and O–H groups in total. The summed E-state index contributed by atoms with van der Waals surface area (Å²) >= 11 is 0. The number of carbonyl (C=O) groups excluding carboxylic acids is 2. The van der Waals surface area contributed by atoms with E-state index >= 15 is 0 Å². The zero-order chi connectivity index (χ0) is 17.3. The molecule has 0 aromatic heterocycles. The van der Waals surface area contributed by atoms with Crippen LogP contribution >= 0.6 is 0 Å². The third-order valence-electron chi connectivity index (χ3n) is 3.92. The van der Waals surface area contributed by atoms with E-state index in [1.54, 1.807) is 6.92 Å². The number of esters is 1. The first-order valence-corrected chi connectivity index (χ1v) is 7.29. The highest BCUT2D eigenvalue weighted by molar-refractivity contribution is 5.93. The molecular weight excluding hydrogens is 311 g/mol. The quantitative estimate of drug-likeness (QED) is 0.781. The Bertz CT molecular complexity index is 609. The van der Waals surface area contributed by atoms with Gasteiger partial charge in [-0.25, -0.2) is 0 Å². The van der Waals surface area contributed by atoms with E-state index in [9.17, 15) is 22.8 Å². The van der Waals surface area contributed by atoms with E-state index in [1.807, 2.05) is 0 Å². The first kappa shape index (κ1) is 17.3. The number of halogens is 3. The molecular formula is C16H18F3NO3. The standard InChI is InChI=1S/C16H18F3NO3/c1-3-23-13(21)10-20(2)14(22)15(7-8-15)11-5-4-6-12(9-11)16(17,18)19/h4-6,9H,3,7-8,10H2,1-2H3. The van der Waals surface area contributed by atoms with Gasteiger partial charge in [0.1, 0.15) is 6.54 Å². The van der Waals surface area contributed by atoms with Crippen LogP contribution in [0.25, 0.3) is 0 Å². The fourth-order valence-corrected chi connectivity index (χ4v) is 2.58. The van der Waals surface area contributed by atoms with Gasteiger partial charge in [0.25, 0.3) is 0 Å². The zero-order valence-electron chi connectivity index (χ0n) is 12.9. The molecule has 1 amide bonds. The molecule has 23 heavy (non-hydrogen) atoms. The Balaban J connectivity index is 2.19. The van der Waals surface area contributed by atoms with Crippen molar-refractivity contribution < 1.29 is 27.5 Å². The fourth-order valence-electron chi connectivity index (χ4n) is 2.58. The molecule has 0 bridgehead atoms. The molecule has 0 spiro atoms. The summed E-state index contributed by atoms with van der Waals surface area (Å²) in [6.45, 7) is 1.65. The third-order valence-corrected chi connectivity index (χ3v) is 3.92. The van der Waals surface area contributed by atoms with Gasteiger partial charge in [-0.2, -0.15) is 13.2 Å². The van der Waals surface area contributed by atoms with Crippen LogP contribution in [-0.2, 0) is 25.9 Å². The molecule has 1 aliphatic rings. The van der Waals surface area contributed by atoms with Crippen molar-refractivity contribution >= 4 is 11.9 Å². The van der Waals surface area contributed by atoms with Gasteiger partial charge >= 0.3 is 12.1 Å². The van der Waals surface area contributed by atoms with E-state index in [4.69, 9.17) is 4.74 Å². The van der Waals surface area contributed by atoms with Crippen molar-refractivity contribution in [1.29, 1.82) is 0 Å². The molecule has 0 atom stereocenters. The smallest absolute Gasteiger partial charge is 0.416 e. The number of amides is 1. The van der Waals surface area contributed by atoms with Crippen LogP contribution in [0.2, 0.25) is 0 Å². The number of hydrogen-bond acceptors (Lipinski definition) is 3. The van der Waals surface area contributed by atoms with Gasteiger partial charge in [0, 0.05) is 7.05 Å². The second-order valence-corrected chi connectivity index (χ2v) is 5.63. The lowest BCUT2D eigenvalue weighted by atomic mass is 9.92. The van der Waals surface area contributed by atoms with Crippen LogP contribution in [0.1, 0.15) is 30.9 Å². The number of ether oxygens (including phenoxy) is 1. The molecule has 1 saturated carbocycles. The molecule has 1 aromatic rings. The molecule has 1 fully saturated rings. The highest BCUT2D eigenvalue weighted by Crippen LogP contribution is 2.50. The molecule has 4 nitrogen and oxygen atoms in total. The first-order valence-electron chi connectivity index (χ1n) is 7.29. The van der Waals surface area contributed by atoms with Crippen molar-refractivity contribution in [2.24, 2.45) is 0 Å². The van der Waals surface area contributed by atoms with Crippen molar-refractivity contribution in [3.8, 4) is 0 Å². The maximum Gasteiger partial charge on any atom is 0.416 e. The SMILES string of the molecule is CCOC(=O)CN(C)C(=O)C1(c2cccc(C(F)(F)F)c2)CC1. The van der Waals surface area contributed by atoms with E-state index in [0.717, 1.165) is 12.1 Å². The summed E-state index contributed by atoms with van der Waals surface area (Å²) in [6, 6.07) is 4.82. The Morgan fingerprint density at radius 2 is 1.96 bits per heavy atom. The van der Waals surface area contributed by atoms with Gasteiger partial charge in [-0.1, -0.05) is 18.2 Å². The Labute approximate surface area is 132 Å². The normalized spacial score (nSPS) is 15.9. The minimum atomic E-state index is -4.45. The van der Waals surface area contributed by atoms with E-state index < -0.39 is 23.1 Å². The average Bonchev–Trinajstić information content (AvgIpc) is 3.27. The number of benzene rings is 1. The Kier molecular flexibility index (Phi) is 4.68. The first-order chi connectivity index (χ1) is 10.7. The van der Waals surface area contributed by atoms with Crippen molar-refractivity contribution in [3.63, 3.8) is 0 Å². The Hall–Kier alpha value is -2.05. The average molecular weight is 329 g/mol. The van der Waals surface area contributed by atoms with Crippen LogP contribution in [0.3, 0.4) is 0 Å². The van der Waals surface area contributed by atoms with Gasteiger partial charge < -0.3 is 9.64 Å². The van der Waals surface area contributed by atoms with E-state index in [-0.39, 0.29) is 19.1 Å². The Morgan fingerprint density at radius 1 is 1.30 bits per heavy atom. The number of hydrogen-bond donors (Lipinski definition) is 0. The predicted molar refractivity (Wildman–Crippen MR) is 76.6 cm³/mol. The van der Waals surface area contributed by atoms with Crippen LogP contribution in [0.5, 0.6) is 0 Å². The molecule has 0 aliphatic heterocycles. The van der Waals surface area contributed by atoms with Crippen LogP contribution in [-0.4, -0.2) is 37.0 Å². The summed E-state index contributed by atoms with van der Waals surface area (Å²) in [7, 11) is 1.45. The van der Waals surface area contributed by atoms with Crippen LogP contribution in [0, 0.1) is 0 Å². The number of likely N-dealkylation sites (N-methyl/N-ethyl adjacent to an activating group) is 1. The molecule has 7 heteroatoms. The molecule has 2 rings (SSSR count). The second-order valence-electron chi connectivity index (χ2n) is 5.63. The predicted octanol–water partition coefficient (Wildman–Crippen LogP) is 2.76. The lowest BCUT2D eigenvalue weighted by molar-refractivity contribution is -0.148. The van der Waals surface area contributed by atoms with Crippen LogP contribution in [0.15, 0.2) is 24.3 Å².